The molecule has 2 N–H and O–H groups in total. The fraction of sp³-hybridized carbons (Fsp3) is 0.161. The van der Waals surface area contributed by atoms with E-state index >= 15 is 0 Å². The molecule has 0 fully saturated rings. The van der Waals surface area contributed by atoms with Gasteiger partial charge in [0.1, 0.15) is 0 Å². The van der Waals surface area contributed by atoms with Gasteiger partial charge in [0.15, 0.2) is 0 Å². The van der Waals surface area contributed by atoms with Crippen LogP contribution < -0.4 is 21.6 Å². The third-order valence-corrected chi connectivity index (χ3v) is 13.9. The zero-order valence-electron chi connectivity index (χ0n) is 38.6. The van der Waals surface area contributed by atoms with Crippen molar-refractivity contribution in [2.75, 3.05) is 0 Å². The zero-order chi connectivity index (χ0) is 45.5. The number of nitrogens with two attached hydrogens (primary N) is 1. The van der Waals surface area contributed by atoms with Crippen molar-refractivity contribution in [1.82, 2.24) is 0 Å². The van der Waals surface area contributed by atoms with Crippen LogP contribution in [0.25, 0.3) is 39.0 Å². The van der Waals surface area contributed by atoms with Crippen molar-refractivity contribution in [2.24, 2.45) is 5.73 Å². The van der Waals surface area contributed by atoms with E-state index in [9.17, 15) is 0 Å². The Balaban J connectivity index is 0.000000296. The Morgan fingerprint density at radius 1 is 0.547 bits per heavy atom. The predicted octanol–water partition coefficient (Wildman–Crippen LogP) is 15.1. The summed E-state index contributed by atoms with van der Waals surface area (Å²) in [6.45, 7) is 18.5. The van der Waals surface area contributed by atoms with Crippen LogP contribution in [0.3, 0.4) is 0 Å². The minimum absolute atomic E-state index is 0.0565. The average molecular weight is 852 g/mol. The Kier molecular flexibility index (Phi) is 16.6. The summed E-state index contributed by atoms with van der Waals surface area (Å²) >= 11 is 0. The van der Waals surface area contributed by atoms with Crippen molar-refractivity contribution in [3.63, 3.8) is 0 Å². The molecule has 0 saturated carbocycles. The maximum Gasteiger partial charge on any atom is 0.0920 e. The lowest BCUT2D eigenvalue weighted by Gasteiger charge is -2.23. The molecular weight excluding hydrogens is 790 g/mol. The molecule has 0 amide bonds. The molecule has 8 aromatic carbocycles. The van der Waals surface area contributed by atoms with E-state index < -0.39 is 7.92 Å². The van der Waals surface area contributed by atoms with Gasteiger partial charge in [0.2, 0.25) is 0 Å². The van der Waals surface area contributed by atoms with Crippen molar-refractivity contribution in [2.45, 2.75) is 66.3 Å². The zero-order valence-corrected chi connectivity index (χ0v) is 39.5. The molecule has 0 bridgehead atoms. The quantitative estimate of drug-likeness (QED) is 0.120. The number of fused-ring (bicyclic) bond motifs is 3. The first kappa shape index (κ1) is 46.9. The van der Waals surface area contributed by atoms with Crippen LogP contribution in [0.5, 0.6) is 0 Å². The molecule has 1 atom stereocenters. The van der Waals surface area contributed by atoms with Crippen LogP contribution >= 0.6 is 7.92 Å². The SMILES string of the molecule is C=C(C)c1ccccc1.CC.CC#CC(N)c1ccc(-c2cc(-c3ccc4c(c3)C(C)(C)c3ccccc3-4)cc(P(c3ccccc3)c3ccccc3)c2)cc1.CCc1ccccc1. The van der Waals surface area contributed by atoms with Gasteiger partial charge in [-0.15, -0.1) is 5.92 Å². The van der Waals surface area contributed by atoms with Crippen molar-refractivity contribution < 1.29 is 0 Å². The van der Waals surface area contributed by atoms with Crippen LogP contribution in [0.2, 0.25) is 0 Å². The second kappa shape index (κ2) is 22.7. The van der Waals surface area contributed by atoms with E-state index in [0.717, 1.165) is 17.6 Å². The van der Waals surface area contributed by atoms with Gasteiger partial charge >= 0.3 is 0 Å². The molecule has 64 heavy (non-hydrogen) atoms. The van der Waals surface area contributed by atoms with E-state index in [0.29, 0.717) is 0 Å². The summed E-state index contributed by atoms with van der Waals surface area (Å²) in [7, 11) is -0.781. The summed E-state index contributed by atoms with van der Waals surface area (Å²) in [6.07, 6.45) is 1.14. The molecule has 8 aromatic rings. The Hall–Kier alpha value is -6.55. The first-order valence-electron chi connectivity index (χ1n) is 22.5. The molecule has 1 unspecified atom stereocenters. The van der Waals surface area contributed by atoms with E-state index in [2.05, 4.69) is 221 Å². The first-order valence-corrected chi connectivity index (χ1v) is 23.8. The summed E-state index contributed by atoms with van der Waals surface area (Å²) in [5.41, 5.74) is 21.4. The van der Waals surface area contributed by atoms with Gasteiger partial charge in [0.05, 0.1) is 6.04 Å². The summed E-state index contributed by atoms with van der Waals surface area (Å²) in [4.78, 5) is 0. The number of hydrogen-bond acceptors (Lipinski definition) is 1. The highest BCUT2D eigenvalue weighted by Crippen LogP contribution is 2.49. The highest BCUT2D eigenvalue weighted by atomic mass is 31.1. The molecular formula is C62H62NP. The molecule has 1 aliphatic rings. The molecule has 0 aromatic heterocycles. The fourth-order valence-corrected chi connectivity index (χ4v) is 10.5. The van der Waals surface area contributed by atoms with E-state index in [1.165, 1.54) is 71.5 Å². The normalized spacial score (nSPS) is 12.0. The number of benzene rings is 8. The number of aryl methyl sites for hydroxylation is 1. The third-order valence-electron chi connectivity index (χ3n) is 11.5. The molecule has 0 radical (unpaired) electrons. The first-order chi connectivity index (χ1) is 31.2. The second-order valence-corrected chi connectivity index (χ2v) is 18.4. The molecule has 2 heteroatoms. The molecule has 320 valence electrons. The predicted molar refractivity (Wildman–Crippen MR) is 282 cm³/mol. The van der Waals surface area contributed by atoms with Crippen LogP contribution in [0.15, 0.2) is 213 Å². The second-order valence-electron chi connectivity index (χ2n) is 16.2. The van der Waals surface area contributed by atoms with Gasteiger partial charge in [-0.2, -0.15) is 0 Å². The van der Waals surface area contributed by atoms with Crippen molar-refractivity contribution in [1.29, 1.82) is 0 Å². The monoisotopic (exact) mass is 851 g/mol. The average Bonchev–Trinajstić information content (AvgIpc) is 3.59. The van der Waals surface area contributed by atoms with Crippen molar-refractivity contribution in [3.8, 4) is 45.2 Å². The summed E-state index contributed by atoms with van der Waals surface area (Å²) in [5.74, 6) is 6.02. The molecule has 1 aliphatic carbocycles. The lowest BCUT2D eigenvalue weighted by molar-refractivity contribution is 0.660. The van der Waals surface area contributed by atoms with Crippen molar-refractivity contribution >= 4 is 29.4 Å². The van der Waals surface area contributed by atoms with E-state index in [4.69, 9.17) is 5.73 Å². The van der Waals surface area contributed by atoms with E-state index in [1.54, 1.807) is 0 Å². The third kappa shape index (κ3) is 11.3. The molecule has 1 nitrogen and oxygen atoms in total. The van der Waals surface area contributed by atoms with Gasteiger partial charge in [-0.05, 0) is 130 Å². The minimum Gasteiger partial charge on any atom is -0.314 e. The lowest BCUT2D eigenvalue weighted by atomic mass is 9.81. The topological polar surface area (TPSA) is 26.0 Å². The Morgan fingerprint density at radius 3 is 1.55 bits per heavy atom. The standard InChI is InChI=1S/C43H36NP.C9H10.C8H10.C2H6/c1-4-13-42(44)31-22-20-30(21-23-31)33-26-34(32-24-25-39-38-18-11-12-19-40(38)43(2,3)41(39)29-32)28-37(27-33)45(35-14-7-5-8-15-35)36-16-9-6-10-17-36;1-8(2)9-6-4-3-5-7-9;1-2-8-6-4-3-5-7-8;1-2/h5-12,14-29,42H,44H2,1-3H3;3-7H,1H2,2H3;3-7H,2H2,1H3;1-2H3. The van der Waals surface area contributed by atoms with Gasteiger partial charge < -0.3 is 5.73 Å². The van der Waals surface area contributed by atoms with Crippen molar-refractivity contribution in [3.05, 3.63) is 241 Å². The number of hydrogen-bond donors (Lipinski definition) is 1. The lowest BCUT2D eigenvalue weighted by Crippen LogP contribution is -2.21. The summed E-state index contributed by atoms with van der Waals surface area (Å²) < 4.78 is 0. The Morgan fingerprint density at radius 2 is 1.03 bits per heavy atom. The summed E-state index contributed by atoms with van der Waals surface area (Å²) in [6, 6.07) is 73.9. The van der Waals surface area contributed by atoms with Crippen LogP contribution in [0.1, 0.15) is 82.3 Å². The largest absolute Gasteiger partial charge is 0.314 e. The molecule has 0 spiro atoms. The van der Waals surface area contributed by atoms with Gasteiger partial charge in [0.25, 0.3) is 0 Å². The Bertz CT molecular complexity index is 2740. The van der Waals surface area contributed by atoms with Gasteiger partial charge in [-0.1, -0.05) is 235 Å². The van der Waals surface area contributed by atoms with Gasteiger partial charge in [0, 0.05) is 5.41 Å². The fourth-order valence-electron chi connectivity index (χ4n) is 8.12. The van der Waals surface area contributed by atoms with Crippen LogP contribution in [-0.4, -0.2) is 0 Å². The van der Waals surface area contributed by atoms with Crippen LogP contribution in [0.4, 0.5) is 0 Å². The summed E-state index contributed by atoms with van der Waals surface area (Å²) in [5, 5.41) is 4.01. The van der Waals surface area contributed by atoms with E-state index in [-0.39, 0.29) is 11.5 Å². The smallest absolute Gasteiger partial charge is 0.0920 e. The molecule has 0 saturated heterocycles. The van der Waals surface area contributed by atoms with Gasteiger partial charge in [-0.25, -0.2) is 0 Å². The maximum atomic E-state index is 6.31. The minimum atomic E-state index is -0.781. The maximum absolute atomic E-state index is 6.31. The highest BCUT2D eigenvalue weighted by molar-refractivity contribution is 7.79. The van der Waals surface area contributed by atoms with Crippen LogP contribution in [0, 0.1) is 11.8 Å². The van der Waals surface area contributed by atoms with E-state index in [1.807, 2.05) is 52.0 Å². The molecule has 0 heterocycles. The molecule has 9 rings (SSSR count). The Labute approximate surface area is 385 Å². The highest BCUT2D eigenvalue weighted by Gasteiger charge is 2.35. The van der Waals surface area contributed by atoms with Crippen LogP contribution in [-0.2, 0) is 11.8 Å². The molecule has 0 aliphatic heterocycles. The number of allylic oxidation sites excluding steroid dienone is 1. The van der Waals surface area contributed by atoms with Gasteiger partial charge in [-0.3, -0.25) is 0 Å². The number of rotatable bonds is 8.